The number of likely N-dealkylation sites (tertiary alicyclic amines) is 1. The molecule has 3 heteroatoms. The number of nitrogens with zero attached hydrogens (tertiary/aromatic N) is 1. The van der Waals surface area contributed by atoms with Crippen LogP contribution in [0.15, 0.2) is 30.3 Å². The summed E-state index contributed by atoms with van der Waals surface area (Å²) in [5.74, 6) is 0.180. The van der Waals surface area contributed by atoms with Gasteiger partial charge in [0, 0.05) is 11.7 Å². The number of hydrogen-bond acceptors (Lipinski definition) is 2. The smallest absolute Gasteiger partial charge is 0.241 e. The molecule has 108 valence electrons. The zero-order valence-electron chi connectivity index (χ0n) is 12.1. The van der Waals surface area contributed by atoms with Gasteiger partial charge in [0.1, 0.15) is 0 Å². The number of carbonyl (C=O) groups excluding carboxylic acids is 1. The molecular weight excluding hydrogens is 248 g/mol. The van der Waals surface area contributed by atoms with Crippen LogP contribution in [0.3, 0.4) is 0 Å². The van der Waals surface area contributed by atoms with Crippen molar-refractivity contribution < 1.29 is 4.79 Å². The van der Waals surface area contributed by atoms with E-state index in [4.69, 9.17) is 0 Å². The van der Waals surface area contributed by atoms with Crippen LogP contribution in [0.2, 0.25) is 0 Å². The van der Waals surface area contributed by atoms with E-state index in [0.717, 1.165) is 25.1 Å². The lowest BCUT2D eigenvalue weighted by molar-refractivity contribution is -0.121. The summed E-state index contributed by atoms with van der Waals surface area (Å²) in [5, 5.41) is 3.07. The first-order valence-electron chi connectivity index (χ1n) is 7.96. The van der Waals surface area contributed by atoms with Crippen LogP contribution in [0.25, 0.3) is 0 Å². The summed E-state index contributed by atoms with van der Waals surface area (Å²) in [5.41, 5.74) is 0.910. The third-order valence-corrected chi connectivity index (χ3v) is 4.68. The lowest BCUT2D eigenvalue weighted by atomic mass is 9.93. The highest BCUT2D eigenvalue weighted by Gasteiger charge is 2.35. The Balaban J connectivity index is 1.64. The summed E-state index contributed by atoms with van der Waals surface area (Å²) in [6.45, 7) is 1.09. The first kappa shape index (κ1) is 13.6. The molecular formula is C17H24N2O. The number of para-hydroxylation sites is 1. The number of hydrogen-bond donors (Lipinski definition) is 1. The fourth-order valence-electron chi connectivity index (χ4n) is 3.67. The summed E-state index contributed by atoms with van der Waals surface area (Å²) in [6.07, 6.45) is 8.73. The number of nitrogens with one attached hydrogen (secondary N) is 1. The highest BCUT2D eigenvalue weighted by atomic mass is 16.2. The van der Waals surface area contributed by atoms with Crippen LogP contribution >= 0.6 is 0 Å². The molecule has 0 aromatic heterocycles. The molecule has 0 radical (unpaired) electrons. The number of benzene rings is 1. The topological polar surface area (TPSA) is 32.3 Å². The van der Waals surface area contributed by atoms with Gasteiger partial charge in [-0.1, -0.05) is 37.5 Å². The molecule has 3 nitrogen and oxygen atoms in total. The molecule has 2 fully saturated rings. The molecule has 0 spiro atoms. The van der Waals surface area contributed by atoms with Gasteiger partial charge in [0.2, 0.25) is 5.91 Å². The molecule has 0 unspecified atom stereocenters. The summed E-state index contributed by atoms with van der Waals surface area (Å²) >= 11 is 0. The van der Waals surface area contributed by atoms with Gasteiger partial charge in [-0.05, 0) is 44.4 Å². The van der Waals surface area contributed by atoms with Crippen molar-refractivity contribution in [2.45, 2.75) is 57.0 Å². The van der Waals surface area contributed by atoms with Gasteiger partial charge in [-0.25, -0.2) is 0 Å². The van der Waals surface area contributed by atoms with Crippen molar-refractivity contribution in [2.24, 2.45) is 0 Å². The standard InChI is InChI=1S/C17H24N2O/c20-17(18-14-8-3-1-4-9-14)16-12-7-13-19(16)15-10-5-2-6-11-15/h1,3-4,8-9,15-16H,2,5-7,10-13H2,(H,18,20)/t16-/m0/s1. The summed E-state index contributed by atoms with van der Waals surface area (Å²) < 4.78 is 0. The maximum Gasteiger partial charge on any atom is 0.241 e. The molecule has 1 aromatic carbocycles. The van der Waals surface area contributed by atoms with Crippen molar-refractivity contribution in [1.29, 1.82) is 0 Å². The van der Waals surface area contributed by atoms with Crippen LogP contribution in [0.4, 0.5) is 5.69 Å². The minimum Gasteiger partial charge on any atom is -0.325 e. The third-order valence-electron chi connectivity index (χ3n) is 4.68. The fourth-order valence-corrected chi connectivity index (χ4v) is 3.67. The zero-order valence-corrected chi connectivity index (χ0v) is 12.1. The second-order valence-electron chi connectivity index (χ2n) is 6.04. The molecule has 1 amide bonds. The van der Waals surface area contributed by atoms with Crippen molar-refractivity contribution in [3.63, 3.8) is 0 Å². The Kier molecular flexibility index (Phi) is 4.36. The predicted octanol–water partition coefficient (Wildman–Crippen LogP) is 3.42. The van der Waals surface area contributed by atoms with Crippen LogP contribution in [0.5, 0.6) is 0 Å². The highest BCUT2D eigenvalue weighted by molar-refractivity contribution is 5.95. The highest BCUT2D eigenvalue weighted by Crippen LogP contribution is 2.29. The molecule has 1 aliphatic carbocycles. The normalized spacial score (nSPS) is 24.7. The van der Waals surface area contributed by atoms with Crippen molar-refractivity contribution in [2.75, 3.05) is 11.9 Å². The third kappa shape index (κ3) is 3.04. The van der Waals surface area contributed by atoms with Crippen molar-refractivity contribution in [3.8, 4) is 0 Å². The van der Waals surface area contributed by atoms with Crippen LogP contribution in [-0.4, -0.2) is 29.4 Å². The minimum absolute atomic E-state index is 0.0818. The first-order valence-corrected chi connectivity index (χ1v) is 7.96. The van der Waals surface area contributed by atoms with E-state index in [2.05, 4.69) is 10.2 Å². The summed E-state index contributed by atoms with van der Waals surface area (Å²) in [4.78, 5) is 15.0. The monoisotopic (exact) mass is 272 g/mol. The molecule has 2 aliphatic rings. The van der Waals surface area contributed by atoms with E-state index in [0.29, 0.717) is 6.04 Å². The van der Waals surface area contributed by atoms with Gasteiger partial charge in [0.15, 0.2) is 0 Å². The maximum atomic E-state index is 12.5. The van der Waals surface area contributed by atoms with Gasteiger partial charge in [-0.15, -0.1) is 0 Å². The summed E-state index contributed by atoms with van der Waals surface area (Å²) in [6, 6.07) is 10.5. The molecule has 1 saturated heterocycles. The number of amides is 1. The van der Waals surface area contributed by atoms with Crippen molar-refractivity contribution >= 4 is 11.6 Å². The Morgan fingerprint density at radius 3 is 2.50 bits per heavy atom. The lowest BCUT2D eigenvalue weighted by Crippen LogP contribution is -2.46. The molecule has 1 saturated carbocycles. The van der Waals surface area contributed by atoms with Crippen molar-refractivity contribution in [1.82, 2.24) is 4.90 Å². The molecule has 1 aliphatic heterocycles. The van der Waals surface area contributed by atoms with E-state index in [1.165, 1.54) is 32.1 Å². The van der Waals surface area contributed by atoms with Gasteiger partial charge < -0.3 is 5.32 Å². The molecule has 1 atom stereocenters. The maximum absolute atomic E-state index is 12.5. The van der Waals surface area contributed by atoms with Crippen LogP contribution in [0.1, 0.15) is 44.9 Å². The zero-order chi connectivity index (χ0) is 13.8. The average molecular weight is 272 g/mol. The van der Waals surface area contributed by atoms with Gasteiger partial charge in [-0.2, -0.15) is 0 Å². The largest absolute Gasteiger partial charge is 0.325 e. The first-order chi connectivity index (χ1) is 9.84. The Morgan fingerprint density at radius 1 is 1.00 bits per heavy atom. The molecule has 1 aromatic rings. The molecule has 0 bridgehead atoms. The minimum atomic E-state index is 0.0818. The second kappa shape index (κ2) is 6.40. The van der Waals surface area contributed by atoms with E-state index in [1.807, 2.05) is 30.3 Å². The van der Waals surface area contributed by atoms with E-state index < -0.39 is 0 Å². The van der Waals surface area contributed by atoms with Gasteiger partial charge in [0.25, 0.3) is 0 Å². The molecule has 20 heavy (non-hydrogen) atoms. The number of anilines is 1. The van der Waals surface area contributed by atoms with Crippen molar-refractivity contribution in [3.05, 3.63) is 30.3 Å². The number of carbonyl (C=O) groups is 1. The average Bonchev–Trinajstić information content (AvgIpc) is 2.99. The summed E-state index contributed by atoms with van der Waals surface area (Å²) in [7, 11) is 0. The second-order valence-corrected chi connectivity index (χ2v) is 6.04. The van der Waals surface area contributed by atoms with E-state index in [-0.39, 0.29) is 11.9 Å². The Hall–Kier alpha value is -1.35. The van der Waals surface area contributed by atoms with E-state index >= 15 is 0 Å². The Morgan fingerprint density at radius 2 is 1.75 bits per heavy atom. The van der Waals surface area contributed by atoms with E-state index in [1.54, 1.807) is 0 Å². The van der Waals surface area contributed by atoms with Crippen LogP contribution in [-0.2, 0) is 4.79 Å². The van der Waals surface area contributed by atoms with Gasteiger partial charge >= 0.3 is 0 Å². The predicted molar refractivity (Wildman–Crippen MR) is 81.7 cm³/mol. The Labute approximate surface area is 121 Å². The Bertz CT molecular complexity index is 440. The van der Waals surface area contributed by atoms with Crippen LogP contribution in [0, 0.1) is 0 Å². The SMILES string of the molecule is O=C(Nc1ccccc1)[C@@H]1CCCN1C1CCCCC1. The quantitative estimate of drug-likeness (QED) is 0.914. The lowest BCUT2D eigenvalue weighted by Gasteiger charge is -2.34. The van der Waals surface area contributed by atoms with Gasteiger partial charge in [-0.3, -0.25) is 9.69 Å². The van der Waals surface area contributed by atoms with E-state index in [9.17, 15) is 4.79 Å². The molecule has 3 rings (SSSR count). The molecule has 1 heterocycles. The van der Waals surface area contributed by atoms with Gasteiger partial charge in [0.05, 0.1) is 6.04 Å². The molecule has 1 N–H and O–H groups in total. The van der Waals surface area contributed by atoms with Crippen LogP contribution < -0.4 is 5.32 Å². The number of rotatable bonds is 3. The fraction of sp³-hybridized carbons (Fsp3) is 0.588.